The van der Waals surface area contributed by atoms with E-state index in [1.165, 1.54) is 22.5 Å². The van der Waals surface area contributed by atoms with Gasteiger partial charge in [-0.15, -0.1) is 0 Å². The number of nitrogens with one attached hydrogen (secondary N) is 1. The lowest BCUT2D eigenvalue weighted by atomic mass is 10.2. The molecule has 0 unspecified atom stereocenters. The van der Waals surface area contributed by atoms with Crippen LogP contribution < -0.4 is 14.8 Å². The van der Waals surface area contributed by atoms with Crippen molar-refractivity contribution in [2.45, 2.75) is 26.9 Å². The highest BCUT2D eigenvalue weighted by molar-refractivity contribution is 5.44. The van der Waals surface area contributed by atoms with Crippen LogP contribution in [0.1, 0.15) is 22.5 Å². The Morgan fingerprint density at radius 1 is 1.10 bits per heavy atom. The summed E-state index contributed by atoms with van der Waals surface area (Å²) in [5, 5.41) is 3.48. The summed E-state index contributed by atoms with van der Waals surface area (Å²) >= 11 is 0. The summed E-state index contributed by atoms with van der Waals surface area (Å²) in [5.41, 5.74) is 5.17. The Hall–Kier alpha value is -1.94. The molecular formula is C16H20N2O2. The monoisotopic (exact) mass is 272 g/mol. The minimum absolute atomic E-state index is 0.328. The van der Waals surface area contributed by atoms with Crippen LogP contribution in [0.15, 0.2) is 24.3 Å². The molecule has 0 radical (unpaired) electrons. The highest BCUT2D eigenvalue weighted by Gasteiger charge is 2.13. The number of nitrogens with zero attached hydrogens (tertiary/aromatic N) is 1. The fraction of sp³-hybridized carbons (Fsp3) is 0.375. The number of aryl methyl sites for hydroxylation is 1. The molecule has 0 amide bonds. The molecule has 4 nitrogen and oxygen atoms in total. The molecule has 2 aromatic rings. The van der Waals surface area contributed by atoms with Gasteiger partial charge in [-0.25, -0.2) is 0 Å². The molecule has 1 aliphatic heterocycles. The molecule has 0 bridgehead atoms. The van der Waals surface area contributed by atoms with E-state index < -0.39 is 0 Å². The normalized spacial score (nSPS) is 12.9. The Morgan fingerprint density at radius 3 is 2.65 bits per heavy atom. The van der Waals surface area contributed by atoms with Gasteiger partial charge in [0.25, 0.3) is 0 Å². The van der Waals surface area contributed by atoms with E-state index in [1.54, 1.807) is 0 Å². The molecule has 106 valence electrons. The fourth-order valence-electron chi connectivity index (χ4n) is 2.50. The van der Waals surface area contributed by atoms with Crippen LogP contribution in [0.2, 0.25) is 0 Å². The van der Waals surface area contributed by atoms with Gasteiger partial charge in [0.2, 0.25) is 6.79 Å². The summed E-state index contributed by atoms with van der Waals surface area (Å²) in [4.78, 5) is 0. The van der Waals surface area contributed by atoms with E-state index in [4.69, 9.17) is 9.47 Å². The zero-order valence-corrected chi connectivity index (χ0v) is 12.2. The lowest BCUT2D eigenvalue weighted by Crippen LogP contribution is -2.13. The lowest BCUT2D eigenvalue weighted by molar-refractivity contribution is 0.174. The van der Waals surface area contributed by atoms with E-state index in [0.717, 1.165) is 24.6 Å². The Bertz CT molecular complexity index is 632. The molecule has 0 atom stereocenters. The summed E-state index contributed by atoms with van der Waals surface area (Å²) in [7, 11) is 2.10. The molecular weight excluding hydrogens is 252 g/mol. The molecule has 1 N–H and O–H groups in total. The van der Waals surface area contributed by atoms with Crippen LogP contribution >= 0.6 is 0 Å². The molecule has 1 aromatic carbocycles. The third-order valence-corrected chi connectivity index (χ3v) is 3.96. The third-order valence-electron chi connectivity index (χ3n) is 3.96. The topological polar surface area (TPSA) is 35.4 Å². The van der Waals surface area contributed by atoms with E-state index in [-0.39, 0.29) is 0 Å². The minimum Gasteiger partial charge on any atom is -0.454 e. The predicted molar refractivity (Wildman–Crippen MR) is 78.0 cm³/mol. The standard InChI is InChI=1S/C16H20N2O2/c1-11-6-14(12(2)18(11)3)9-17-8-13-4-5-15-16(7-13)20-10-19-15/h4-7,17H,8-10H2,1-3H3. The van der Waals surface area contributed by atoms with Crippen molar-refractivity contribution in [2.24, 2.45) is 7.05 Å². The maximum Gasteiger partial charge on any atom is 0.231 e. The van der Waals surface area contributed by atoms with Crippen molar-refractivity contribution >= 4 is 0 Å². The first kappa shape index (κ1) is 13.1. The summed E-state index contributed by atoms with van der Waals surface area (Å²) in [6, 6.07) is 8.32. The Morgan fingerprint density at radius 2 is 1.90 bits per heavy atom. The molecule has 0 fully saturated rings. The van der Waals surface area contributed by atoms with Gasteiger partial charge in [-0.3, -0.25) is 0 Å². The lowest BCUT2D eigenvalue weighted by Gasteiger charge is -2.06. The average molecular weight is 272 g/mol. The molecule has 1 aliphatic rings. The van der Waals surface area contributed by atoms with Crippen molar-refractivity contribution in [3.63, 3.8) is 0 Å². The minimum atomic E-state index is 0.328. The van der Waals surface area contributed by atoms with Crippen molar-refractivity contribution in [3.05, 3.63) is 46.8 Å². The number of ether oxygens (including phenoxy) is 2. The van der Waals surface area contributed by atoms with Gasteiger partial charge in [0.05, 0.1) is 0 Å². The van der Waals surface area contributed by atoms with Gasteiger partial charge in [-0.05, 0) is 43.2 Å². The molecule has 2 heterocycles. The van der Waals surface area contributed by atoms with Crippen LogP contribution in [0.25, 0.3) is 0 Å². The number of rotatable bonds is 4. The molecule has 0 saturated carbocycles. The van der Waals surface area contributed by atoms with E-state index in [9.17, 15) is 0 Å². The van der Waals surface area contributed by atoms with Crippen LogP contribution in [0.4, 0.5) is 0 Å². The maximum atomic E-state index is 5.39. The smallest absolute Gasteiger partial charge is 0.231 e. The first-order valence-electron chi connectivity index (χ1n) is 6.86. The zero-order chi connectivity index (χ0) is 14.1. The van der Waals surface area contributed by atoms with Gasteiger partial charge in [-0.2, -0.15) is 0 Å². The number of fused-ring (bicyclic) bond motifs is 1. The van der Waals surface area contributed by atoms with Crippen LogP contribution in [0, 0.1) is 13.8 Å². The second-order valence-corrected chi connectivity index (χ2v) is 5.25. The molecule has 20 heavy (non-hydrogen) atoms. The molecule has 0 saturated heterocycles. The number of hydrogen-bond donors (Lipinski definition) is 1. The van der Waals surface area contributed by atoms with Gasteiger partial charge >= 0.3 is 0 Å². The summed E-state index contributed by atoms with van der Waals surface area (Å²) in [6.07, 6.45) is 0. The first-order chi connectivity index (χ1) is 9.65. The van der Waals surface area contributed by atoms with E-state index in [2.05, 4.69) is 42.9 Å². The quantitative estimate of drug-likeness (QED) is 0.929. The Balaban J connectivity index is 1.61. The maximum absolute atomic E-state index is 5.39. The second kappa shape index (κ2) is 5.21. The molecule has 4 heteroatoms. The van der Waals surface area contributed by atoms with Crippen LogP contribution in [-0.2, 0) is 20.1 Å². The van der Waals surface area contributed by atoms with Gasteiger partial charge in [0.1, 0.15) is 0 Å². The highest BCUT2D eigenvalue weighted by atomic mass is 16.7. The number of hydrogen-bond acceptors (Lipinski definition) is 3. The van der Waals surface area contributed by atoms with Gasteiger partial charge in [-0.1, -0.05) is 6.07 Å². The van der Waals surface area contributed by atoms with Crippen molar-refractivity contribution in [1.29, 1.82) is 0 Å². The van der Waals surface area contributed by atoms with Crippen molar-refractivity contribution < 1.29 is 9.47 Å². The summed E-state index contributed by atoms with van der Waals surface area (Å²) in [6.45, 7) is 6.32. The van der Waals surface area contributed by atoms with Crippen molar-refractivity contribution in [2.75, 3.05) is 6.79 Å². The van der Waals surface area contributed by atoms with Crippen LogP contribution in [-0.4, -0.2) is 11.4 Å². The SMILES string of the molecule is Cc1cc(CNCc2ccc3c(c2)OCO3)c(C)n1C. The van der Waals surface area contributed by atoms with Crippen molar-refractivity contribution in [3.8, 4) is 11.5 Å². The van der Waals surface area contributed by atoms with E-state index >= 15 is 0 Å². The zero-order valence-electron chi connectivity index (χ0n) is 12.2. The van der Waals surface area contributed by atoms with Gasteiger partial charge in [0.15, 0.2) is 11.5 Å². The Labute approximate surface area is 119 Å². The van der Waals surface area contributed by atoms with Gasteiger partial charge in [0, 0.05) is 31.5 Å². The van der Waals surface area contributed by atoms with Crippen LogP contribution in [0.5, 0.6) is 11.5 Å². The predicted octanol–water partition coefficient (Wildman–Crippen LogP) is 2.66. The molecule has 0 spiro atoms. The van der Waals surface area contributed by atoms with Crippen molar-refractivity contribution in [1.82, 2.24) is 9.88 Å². The number of benzene rings is 1. The average Bonchev–Trinajstić information content (AvgIpc) is 3.00. The van der Waals surface area contributed by atoms with Crippen LogP contribution in [0.3, 0.4) is 0 Å². The Kier molecular flexibility index (Phi) is 3.40. The highest BCUT2D eigenvalue weighted by Crippen LogP contribution is 2.32. The summed E-state index contributed by atoms with van der Waals surface area (Å²) < 4.78 is 12.9. The first-order valence-corrected chi connectivity index (χ1v) is 6.86. The largest absolute Gasteiger partial charge is 0.454 e. The third kappa shape index (κ3) is 2.39. The molecule has 3 rings (SSSR count). The fourth-order valence-corrected chi connectivity index (χ4v) is 2.50. The summed E-state index contributed by atoms with van der Waals surface area (Å²) in [5.74, 6) is 1.68. The van der Waals surface area contributed by atoms with E-state index in [1.807, 2.05) is 12.1 Å². The van der Waals surface area contributed by atoms with Gasteiger partial charge < -0.3 is 19.4 Å². The molecule has 1 aromatic heterocycles. The van der Waals surface area contributed by atoms with E-state index in [0.29, 0.717) is 6.79 Å². The molecule has 0 aliphatic carbocycles. The number of aromatic nitrogens is 1. The second-order valence-electron chi connectivity index (χ2n) is 5.25.